The van der Waals surface area contributed by atoms with Crippen molar-refractivity contribution in [2.75, 3.05) is 0 Å². The molecule has 44 heavy (non-hydrogen) atoms. The van der Waals surface area contributed by atoms with Crippen LogP contribution in [-0.4, -0.2) is 9.97 Å². The van der Waals surface area contributed by atoms with Crippen LogP contribution >= 0.6 is 0 Å². The molecule has 10 rings (SSSR count). The van der Waals surface area contributed by atoms with E-state index in [0.29, 0.717) is 0 Å². The van der Waals surface area contributed by atoms with E-state index in [1.165, 1.54) is 65.7 Å². The van der Waals surface area contributed by atoms with Gasteiger partial charge in [0.1, 0.15) is 0 Å². The van der Waals surface area contributed by atoms with Crippen LogP contribution in [0.15, 0.2) is 97.1 Å². The number of aromatic nitrogens is 2. The SMILES string of the molecule is CC(C)(C)c1c2ccccc2c(C(C)(C)C)c2cc3cc4nc5c(nc4cc3cc12)C1c2ccccc2C5c2ccccc21. The van der Waals surface area contributed by atoms with Crippen molar-refractivity contribution in [3.05, 3.63) is 142 Å². The maximum atomic E-state index is 5.44. The van der Waals surface area contributed by atoms with Gasteiger partial charge in [0.2, 0.25) is 0 Å². The fourth-order valence-corrected chi connectivity index (χ4v) is 8.54. The van der Waals surface area contributed by atoms with E-state index in [-0.39, 0.29) is 22.7 Å². The summed E-state index contributed by atoms with van der Waals surface area (Å²) in [6.07, 6.45) is 0. The van der Waals surface area contributed by atoms with Crippen LogP contribution in [0.3, 0.4) is 0 Å². The van der Waals surface area contributed by atoms with Gasteiger partial charge in [0.05, 0.1) is 34.3 Å². The Kier molecular flexibility index (Phi) is 5.03. The van der Waals surface area contributed by atoms with Gasteiger partial charge in [-0.25, -0.2) is 9.97 Å². The van der Waals surface area contributed by atoms with Crippen molar-refractivity contribution < 1.29 is 0 Å². The van der Waals surface area contributed by atoms with Crippen molar-refractivity contribution in [3.63, 3.8) is 0 Å². The lowest BCUT2D eigenvalue weighted by Crippen LogP contribution is -2.29. The zero-order valence-corrected chi connectivity index (χ0v) is 26.3. The molecule has 0 spiro atoms. The van der Waals surface area contributed by atoms with Crippen LogP contribution < -0.4 is 0 Å². The lowest BCUT2D eigenvalue weighted by Gasteiger charge is -2.40. The summed E-state index contributed by atoms with van der Waals surface area (Å²) in [6, 6.07) is 36.3. The summed E-state index contributed by atoms with van der Waals surface area (Å²) in [5.74, 6) is 0.250. The highest BCUT2D eigenvalue weighted by Gasteiger charge is 2.43. The van der Waals surface area contributed by atoms with E-state index in [2.05, 4.69) is 139 Å². The topological polar surface area (TPSA) is 25.8 Å². The quantitative estimate of drug-likeness (QED) is 0.170. The van der Waals surface area contributed by atoms with Crippen molar-refractivity contribution in [3.8, 4) is 0 Å². The van der Waals surface area contributed by atoms with Gasteiger partial charge in [0.15, 0.2) is 0 Å². The average molecular weight is 569 g/mol. The third kappa shape index (κ3) is 3.43. The second kappa shape index (κ2) is 8.54. The first kappa shape index (κ1) is 25.9. The van der Waals surface area contributed by atoms with Crippen molar-refractivity contribution >= 4 is 43.4 Å². The molecule has 3 aliphatic carbocycles. The van der Waals surface area contributed by atoms with Crippen LogP contribution in [0.25, 0.3) is 43.4 Å². The predicted molar refractivity (Wildman–Crippen MR) is 184 cm³/mol. The molecular weight excluding hydrogens is 532 g/mol. The molecule has 2 bridgehead atoms. The van der Waals surface area contributed by atoms with E-state index in [1.807, 2.05) is 0 Å². The first-order chi connectivity index (χ1) is 21.1. The molecule has 2 nitrogen and oxygen atoms in total. The summed E-state index contributed by atoms with van der Waals surface area (Å²) < 4.78 is 0. The maximum Gasteiger partial charge on any atom is 0.0897 e. The van der Waals surface area contributed by atoms with E-state index >= 15 is 0 Å². The largest absolute Gasteiger partial charge is 0.248 e. The summed E-state index contributed by atoms with van der Waals surface area (Å²) >= 11 is 0. The number of hydrogen-bond acceptors (Lipinski definition) is 2. The monoisotopic (exact) mass is 568 g/mol. The van der Waals surface area contributed by atoms with Gasteiger partial charge in [-0.2, -0.15) is 0 Å². The molecule has 2 heteroatoms. The van der Waals surface area contributed by atoms with Gasteiger partial charge in [0.25, 0.3) is 0 Å². The molecule has 0 N–H and O–H groups in total. The molecule has 3 aliphatic rings. The molecule has 0 atom stereocenters. The van der Waals surface area contributed by atoms with Gasteiger partial charge >= 0.3 is 0 Å². The highest BCUT2D eigenvalue weighted by molar-refractivity contribution is 6.12. The summed E-state index contributed by atoms with van der Waals surface area (Å²) in [5.41, 5.74) is 12.5. The van der Waals surface area contributed by atoms with E-state index in [1.54, 1.807) is 0 Å². The number of fused-ring (bicyclic) bond motifs is 4. The summed E-state index contributed by atoms with van der Waals surface area (Å²) in [4.78, 5) is 10.9. The Labute approximate surface area is 258 Å². The fourth-order valence-electron chi connectivity index (χ4n) is 8.54. The standard InChI is InChI=1S/C42H36N2/c1-41(2,3)37-29-17-11-12-18-30(29)38(42(4,5)6)32-20-24-22-34-33(21-23(24)19-31(32)37)43-39-35-25-13-7-9-15-27(25)36(40(39)44-34)28-16-10-8-14-26(28)35/h7-22,35-36H,1-6H3. The third-order valence-corrected chi connectivity index (χ3v) is 10.1. The van der Waals surface area contributed by atoms with Crippen molar-refractivity contribution in [2.24, 2.45) is 0 Å². The van der Waals surface area contributed by atoms with Gasteiger partial charge in [-0.3, -0.25) is 0 Å². The zero-order chi connectivity index (χ0) is 30.1. The second-order valence-corrected chi connectivity index (χ2v) is 15.0. The van der Waals surface area contributed by atoms with Gasteiger partial charge in [-0.1, -0.05) is 114 Å². The minimum absolute atomic E-state index is 0.0162. The zero-order valence-electron chi connectivity index (χ0n) is 26.3. The Morgan fingerprint density at radius 2 is 0.773 bits per heavy atom. The minimum Gasteiger partial charge on any atom is -0.248 e. The van der Waals surface area contributed by atoms with Gasteiger partial charge < -0.3 is 0 Å². The summed E-state index contributed by atoms with van der Waals surface area (Å²) in [6.45, 7) is 14.1. The number of rotatable bonds is 0. The number of benzene rings is 6. The Morgan fingerprint density at radius 3 is 1.11 bits per heavy atom. The van der Waals surface area contributed by atoms with Crippen LogP contribution in [0.5, 0.6) is 0 Å². The van der Waals surface area contributed by atoms with Crippen LogP contribution in [-0.2, 0) is 10.8 Å². The molecule has 1 heterocycles. The molecule has 7 aromatic rings. The Balaban J connectivity index is 1.37. The molecule has 1 aromatic heterocycles. The smallest absolute Gasteiger partial charge is 0.0897 e. The maximum absolute atomic E-state index is 5.44. The van der Waals surface area contributed by atoms with E-state index in [4.69, 9.17) is 9.97 Å². The van der Waals surface area contributed by atoms with Crippen LogP contribution in [0, 0.1) is 0 Å². The Morgan fingerprint density at radius 1 is 0.432 bits per heavy atom. The number of nitrogens with zero attached hydrogens (tertiary/aromatic N) is 2. The minimum atomic E-state index is -0.0162. The molecule has 214 valence electrons. The van der Waals surface area contributed by atoms with Crippen LogP contribution in [0.1, 0.15) is 98.1 Å². The Hall–Kier alpha value is -4.56. The molecule has 0 radical (unpaired) electrons. The molecular formula is C42H36N2. The fraction of sp³-hybridized carbons (Fsp3) is 0.238. The van der Waals surface area contributed by atoms with Gasteiger partial charge in [-0.15, -0.1) is 0 Å². The highest BCUT2D eigenvalue weighted by atomic mass is 14.9. The van der Waals surface area contributed by atoms with Crippen molar-refractivity contribution in [1.29, 1.82) is 0 Å². The highest BCUT2D eigenvalue weighted by Crippen LogP contribution is 2.55. The molecule has 0 unspecified atom stereocenters. The van der Waals surface area contributed by atoms with E-state index < -0.39 is 0 Å². The van der Waals surface area contributed by atoms with E-state index in [9.17, 15) is 0 Å². The third-order valence-electron chi connectivity index (χ3n) is 10.1. The average Bonchev–Trinajstić information content (AvgIpc) is 2.99. The second-order valence-electron chi connectivity index (χ2n) is 15.0. The number of hydrogen-bond donors (Lipinski definition) is 0. The predicted octanol–water partition coefficient (Wildman–Crippen LogP) is 10.7. The molecule has 0 fully saturated rings. The first-order valence-electron chi connectivity index (χ1n) is 15.9. The molecule has 0 saturated heterocycles. The van der Waals surface area contributed by atoms with Crippen molar-refractivity contribution in [1.82, 2.24) is 9.97 Å². The molecule has 6 aromatic carbocycles. The van der Waals surface area contributed by atoms with Crippen molar-refractivity contribution in [2.45, 2.75) is 64.2 Å². The molecule has 0 aliphatic heterocycles. The normalized spacial score (nSPS) is 17.3. The van der Waals surface area contributed by atoms with Gasteiger partial charge in [0, 0.05) is 0 Å². The van der Waals surface area contributed by atoms with E-state index in [0.717, 1.165) is 22.4 Å². The lowest BCUT2D eigenvalue weighted by molar-refractivity contribution is 0.593. The summed E-state index contributed by atoms with van der Waals surface area (Å²) in [5, 5.41) is 7.87. The van der Waals surface area contributed by atoms with Crippen LogP contribution in [0.4, 0.5) is 0 Å². The molecule has 0 amide bonds. The Bertz CT molecular complexity index is 2150. The van der Waals surface area contributed by atoms with Gasteiger partial charge in [-0.05, 0) is 101 Å². The molecule has 0 saturated carbocycles. The lowest BCUT2D eigenvalue weighted by atomic mass is 9.64. The van der Waals surface area contributed by atoms with Crippen LogP contribution in [0.2, 0.25) is 0 Å². The first-order valence-corrected chi connectivity index (χ1v) is 15.9. The summed E-state index contributed by atoms with van der Waals surface area (Å²) in [7, 11) is 0.